The van der Waals surface area contributed by atoms with E-state index >= 15 is 0 Å². The van der Waals surface area contributed by atoms with Crippen molar-refractivity contribution in [2.45, 2.75) is 37.7 Å². The van der Waals surface area contributed by atoms with E-state index in [4.69, 9.17) is 0 Å². The van der Waals surface area contributed by atoms with Gasteiger partial charge >= 0.3 is 0 Å². The third-order valence-electron chi connectivity index (χ3n) is 5.96. The zero-order valence-electron chi connectivity index (χ0n) is 17.5. The molecule has 0 aliphatic carbocycles. The number of aliphatic hydroxyl groups is 1. The van der Waals surface area contributed by atoms with E-state index in [-0.39, 0.29) is 17.9 Å². The lowest BCUT2D eigenvalue weighted by atomic mass is 9.86. The molecule has 6 heteroatoms. The molecular weight excluding hydrogens is 390 g/mol. The SMILES string of the molecule is O=C(CCc1ccccc1)N1CCC(O)(Cc2cnc(-c3ccccc3)[nH]c2=O)CC1. The van der Waals surface area contributed by atoms with E-state index in [0.717, 1.165) is 17.5 Å². The van der Waals surface area contributed by atoms with Crippen molar-refractivity contribution in [1.82, 2.24) is 14.9 Å². The molecule has 31 heavy (non-hydrogen) atoms. The smallest absolute Gasteiger partial charge is 0.254 e. The molecule has 0 radical (unpaired) electrons. The van der Waals surface area contributed by atoms with Gasteiger partial charge < -0.3 is 15.0 Å². The average molecular weight is 418 g/mol. The molecule has 1 aliphatic rings. The number of benzene rings is 2. The molecule has 0 saturated carbocycles. The standard InChI is InChI=1S/C25H27N3O3/c29-22(12-11-19-7-3-1-4-8-19)28-15-13-25(31,14-16-28)17-21-18-26-23(27-24(21)30)20-9-5-2-6-10-20/h1-10,18,31H,11-17H2,(H,26,27,30). The fraction of sp³-hybridized carbons (Fsp3) is 0.320. The predicted molar refractivity (Wildman–Crippen MR) is 120 cm³/mol. The number of nitrogens with one attached hydrogen (secondary N) is 1. The molecule has 1 amide bonds. The highest BCUT2D eigenvalue weighted by molar-refractivity contribution is 5.76. The van der Waals surface area contributed by atoms with Crippen LogP contribution in [0.15, 0.2) is 71.7 Å². The van der Waals surface area contributed by atoms with E-state index < -0.39 is 5.60 Å². The number of amides is 1. The van der Waals surface area contributed by atoms with Crippen LogP contribution in [0.3, 0.4) is 0 Å². The van der Waals surface area contributed by atoms with Crippen LogP contribution < -0.4 is 5.56 Å². The number of aromatic nitrogens is 2. The van der Waals surface area contributed by atoms with Crippen LogP contribution in [-0.4, -0.2) is 44.6 Å². The summed E-state index contributed by atoms with van der Waals surface area (Å²) in [5.74, 6) is 0.623. The van der Waals surface area contributed by atoms with Gasteiger partial charge in [0.15, 0.2) is 0 Å². The topological polar surface area (TPSA) is 86.3 Å². The average Bonchev–Trinajstić information content (AvgIpc) is 2.80. The fourth-order valence-corrected chi connectivity index (χ4v) is 4.05. The van der Waals surface area contributed by atoms with Crippen LogP contribution in [0.5, 0.6) is 0 Å². The summed E-state index contributed by atoms with van der Waals surface area (Å²) in [7, 11) is 0. The van der Waals surface area contributed by atoms with Crippen molar-refractivity contribution in [3.05, 3.63) is 88.3 Å². The lowest BCUT2D eigenvalue weighted by Crippen LogP contribution is -2.48. The summed E-state index contributed by atoms with van der Waals surface area (Å²) in [6.45, 7) is 0.995. The molecule has 160 valence electrons. The Morgan fingerprint density at radius 3 is 2.32 bits per heavy atom. The maximum absolute atomic E-state index is 12.6. The first-order valence-corrected chi connectivity index (χ1v) is 10.7. The second-order valence-electron chi connectivity index (χ2n) is 8.22. The molecule has 2 N–H and O–H groups in total. The Balaban J connectivity index is 1.33. The second kappa shape index (κ2) is 9.27. The molecule has 0 spiro atoms. The summed E-state index contributed by atoms with van der Waals surface area (Å²) < 4.78 is 0. The van der Waals surface area contributed by atoms with Gasteiger partial charge in [-0.1, -0.05) is 60.7 Å². The Morgan fingerprint density at radius 1 is 1.03 bits per heavy atom. The van der Waals surface area contributed by atoms with E-state index in [0.29, 0.717) is 43.7 Å². The van der Waals surface area contributed by atoms with Crippen LogP contribution in [0, 0.1) is 0 Å². The van der Waals surface area contributed by atoms with Gasteiger partial charge in [0.05, 0.1) is 5.60 Å². The number of piperidine rings is 1. The quantitative estimate of drug-likeness (QED) is 0.646. The number of nitrogens with zero attached hydrogens (tertiary/aromatic N) is 2. The molecule has 6 nitrogen and oxygen atoms in total. The van der Waals surface area contributed by atoms with Crippen molar-refractivity contribution >= 4 is 5.91 Å². The Kier molecular flexibility index (Phi) is 6.28. The van der Waals surface area contributed by atoms with Gasteiger partial charge in [-0.05, 0) is 24.8 Å². The van der Waals surface area contributed by atoms with Crippen LogP contribution in [0.1, 0.15) is 30.4 Å². The molecule has 0 unspecified atom stereocenters. The third kappa shape index (κ3) is 5.27. The summed E-state index contributed by atoms with van der Waals surface area (Å²) in [6.07, 6.45) is 3.86. The number of likely N-dealkylation sites (tertiary alicyclic amines) is 1. The van der Waals surface area contributed by atoms with Gasteiger partial charge in [0, 0.05) is 43.3 Å². The number of hydrogen-bond acceptors (Lipinski definition) is 4. The zero-order valence-corrected chi connectivity index (χ0v) is 17.5. The third-order valence-corrected chi connectivity index (χ3v) is 5.96. The van der Waals surface area contributed by atoms with Gasteiger partial charge in [-0.25, -0.2) is 4.98 Å². The Labute approximate surface area is 181 Å². The molecule has 1 aliphatic heterocycles. The predicted octanol–water partition coefficient (Wildman–Crippen LogP) is 2.97. The van der Waals surface area contributed by atoms with E-state index in [1.54, 1.807) is 6.20 Å². The Hall–Kier alpha value is -3.25. The molecule has 3 aromatic rings. The van der Waals surface area contributed by atoms with Crippen LogP contribution in [0.2, 0.25) is 0 Å². The maximum atomic E-state index is 12.6. The molecular formula is C25H27N3O3. The first-order valence-electron chi connectivity index (χ1n) is 10.7. The molecule has 1 fully saturated rings. The zero-order chi connectivity index (χ0) is 21.7. The summed E-state index contributed by atoms with van der Waals surface area (Å²) in [5, 5.41) is 11.0. The van der Waals surface area contributed by atoms with Crippen molar-refractivity contribution in [3.8, 4) is 11.4 Å². The maximum Gasteiger partial charge on any atom is 0.254 e. The highest BCUT2D eigenvalue weighted by Crippen LogP contribution is 2.26. The van der Waals surface area contributed by atoms with Crippen LogP contribution in [-0.2, 0) is 17.6 Å². The van der Waals surface area contributed by atoms with Crippen molar-refractivity contribution in [3.63, 3.8) is 0 Å². The normalized spacial score (nSPS) is 15.6. The van der Waals surface area contributed by atoms with Gasteiger partial charge in [-0.15, -0.1) is 0 Å². The monoisotopic (exact) mass is 417 g/mol. The van der Waals surface area contributed by atoms with Gasteiger partial charge in [0.25, 0.3) is 5.56 Å². The van der Waals surface area contributed by atoms with E-state index in [2.05, 4.69) is 9.97 Å². The molecule has 4 rings (SSSR count). The number of hydrogen-bond donors (Lipinski definition) is 2. The van der Waals surface area contributed by atoms with Crippen molar-refractivity contribution < 1.29 is 9.90 Å². The highest BCUT2D eigenvalue weighted by Gasteiger charge is 2.34. The summed E-state index contributed by atoms with van der Waals surface area (Å²) in [4.78, 5) is 34.1. The van der Waals surface area contributed by atoms with Gasteiger partial charge in [-0.2, -0.15) is 0 Å². The van der Waals surface area contributed by atoms with Crippen molar-refractivity contribution in [2.24, 2.45) is 0 Å². The number of aromatic amines is 1. The molecule has 0 atom stereocenters. The molecule has 2 heterocycles. The van der Waals surface area contributed by atoms with E-state index in [9.17, 15) is 14.7 Å². The minimum absolute atomic E-state index is 0.109. The summed E-state index contributed by atoms with van der Waals surface area (Å²) in [6, 6.07) is 19.4. The summed E-state index contributed by atoms with van der Waals surface area (Å²) in [5.41, 5.74) is 1.22. The minimum Gasteiger partial charge on any atom is -0.389 e. The Bertz CT molecular complexity index is 1070. The lowest BCUT2D eigenvalue weighted by molar-refractivity contribution is -0.135. The number of aryl methyl sites for hydroxylation is 1. The van der Waals surface area contributed by atoms with Crippen LogP contribution >= 0.6 is 0 Å². The van der Waals surface area contributed by atoms with E-state index in [1.807, 2.05) is 65.6 Å². The number of rotatable bonds is 6. The van der Waals surface area contributed by atoms with Crippen LogP contribution in [0.4, 0.5) is 0 Å². The van der Waals surface area contributed by atoms with Crippen LogP contribution in [0.25, 0.3) is 11.4 Å². The van der Waals surface area contributed by atoms with Crippen molar-refractivity contribution in [2.75, 3.05) is 13.1 Å². The molecule has 2 aromatic carbocycles. The highest BCUT2D eigenvalue weighted by atomic mass is 16.3. The van der Waals surface area contributed by atoms with E-state index in [1.165, 1.54) is 0 Å². The lowest BCUT2D eigenvalue weighted by Gasteiger charge is -2.38. The van der Waals surface area contributed by atoms with Crippen molar-refractivity contribution in [1.29, 1.82) is 0 Å². The minimum atomic E-state index is -1.00. The first-order chi connectivity index (χ1) is 15.0. The summed E-state index contributed by atoms with van der Waals surface area (Å²) >= 11 is 0. The molecule has 1 saturated heterocycles. The van der Waals surface area contributed by atoms with Gasteiger partial charge in [0.2, 0.25) is 5.91 Å². The Morgan fingerprint density at radius 2 is 1.68 bits per heavy atom. The van der Waals surface area contributed by atoms with Gasteiger partial charge in [0.1, 0.15) is 5.82 Å². The largest absolute Gasteiger partial charge is 0.389 e. The molecule has 1 aromatic heterocycles. The number of carbonyl (C=O) groups is 1. The van der Waals surface area contributed by atoms with Gasteiger partial charge in [-0.3, -0.25) is 9.59 Å². The molecule has 0 bridgehead atoms. The first kappa shape index (κ1) is 21.0. The number of H-pyrrole nitrogens is 1. The fourth-order valence-electron chi connectivity index (χ4n) is 4.05. The number of carbonyl (C=O) groups excluding carboxylic acids is 1. The second-order valence-corrected chi connectivity index (χ2v) is 8.22.